The van der Waals surface area contributed by atoms with Crippen LogP contribution in [-0.4, -0.2) is 50.1 Å². The first-order chi connectivity index (χ1) is 14.6. The number of aliphatic hydroxyl groups is 1. The minimum atomic E-state index is -4.64. The SMILES string of the molecule is CC(C)C[C@]1(F)CN(c2ccc(C(F)(F)F)c(-c3[nH]nc4ncccc34)n2)CC[C@@H]1O.[HH].[HH].[HH]. The summed E-state index contributed by atoms with van der Waals surface area (Å²) in [4.78, 5) is 9.92. The molecule has 4 heterocycles. The van der Waals surface area contributed by atoms with Crippen molar-refractivity contribution in [1.82, 2.24) is 20.2 Å². The Balaban J connectivity index is 0.00000193. The van der Waals surface area contributed by atoms with Crippen LogP contribution in [0.3, 0.4) is 0 Å². The summed E-state index contributed by atoms with van der Waals surface area (Å²) in [7, 11) is 0. The van der Waals surface area contributed by atoms with Crippen molar-refractivity contribution in [3.05, 3.63) is 36.0 Å². The standard InChI is InChI=1S/C21H23F4N5O.3H2/c1-12(2)10-20(22)11-30(9-7-15(20)31)16-6-5-14(21(23,24)25)18(27-16)17-13-4-3-8-26-19(13)29-28-17;;;/h3-6,8,12,15,31H,7,9-11H2,1-2H3,(H,26,28,29);3*1H/t15-,20-;;;/m0.../s1. The first-order valence-electron chi connectivity index (χ1n) is 10.1. The van der Waals surface area contributed by atoms with Crippen molar-refractivity contribution < 1.29 is 26.9 Å². The maximum Gasteiger partial charge on any atom is 0.418 e. The van der Waals surface area contributed by atoms with Crippen molar-refractivity contribution in [3.63, 3.8) is 0 Å². The van der Waals surface area contributed by atoms with Crippen LogP contribution >= 0.6 is 0 Å². The summed E-state index contributed by atoms with van der Waals surface area (Å²) in [5.74, 6) is 0.229. The van der Waals surface area contributed by atoms with Gasteiger partial charge in [0.05, 0.1) is 23.9 Å². The molecule has 1 aliphatic rings. The number of piperidine rings is 1. The number of fused-ring (bicyclic) bond motifs is 1. The summed E-state index contributed by atoms with van der Waals surface area (Å²) in [5.41, 5.74) is -2.72. The van der Waals surface area contributed by atoms with E-state index in [9.17, 15) is 18.3 Å². The smallest absolute Gasteiger partial charge is 0.390 e. The average molecular weight is 443 g/mol. The highest BCUT2D eigenvalue weighted by atomic mass is 19.4. The van der Waals surface area contributed by atoms with Gasteiger partial charge in [0.25, 0.3) is 0 Å². The Morgan fingerprint density at radius 1 is 1.32 bits per heavy atom. The summed E-state index contributed by atoms with van der Waals surface area (Å²) < 4.78 is 56.7. The number of aromatic amines is 1. The lowest BCUT2D eigenvalue weighted by atomic mass is 9.84. The molecular formula is C21H29F4N5O. The third-order valence-corrected chi connectivity index (χ3v) is 5.55. The normalized spacial score (nSPS) is 22.5. The van der Waals surface area contributed by atoms with Crippen molar-refractivity contribution in [3.8, 4) is 11.4 Å². The Kier molecular flexibility index (Phi) is 5.36. The van der Waals surface area contributed by atoms with Gasteiger partial charge in [0.2, 0.25) is 0 Å². The number of hydrogen-bond donors (Lipinski definition) is 2. The fourth-order valence-corrected chi connectivity index (χ4v) is 4.19. The summed E-state index contributed by atoms with van der Waals surface area (Å²) in [6, 6.07) is 5.42. The van der Waals surface area contributed by atoms with Crippen LogP contribution in [0.4, 0.5) is 23.4 Å². The van der Waals surface area contributed by atoms with Gasteiger partial charge in [-0.05, 0) is 43.0 Å². The molecular weight excluding hydrogens is 414 g/mol. The van der Waals surface area contributed by atoms with Gasteiger partial charge in [0, 0.05) is 22.4 Å². The van der Waals surface area contributed by atoms with Crippen LogP contribution in [-0.2, 0) is 6.18 Å². The number of H-pyrrole nitrogens is 1. The lowest BCUT2D eigenvalue weighted by Crippen LogP contribution is -2.55. The van der Waals surface area contributed by atoms with E-state index >= 15 is 4.39 Å². The molecule has 1 saturated heterocycles. The predicted molar refractivity (Wildman–Crippen MR) is 115 cm³/mol. The summed E-state index contributed by atoms with van der Waals surface area (Å²) in [6.07, 6.45) is -3.95. The van der Waals surface area contributed by atoms with Gasteiger partial charge in [-0.2, -0.15) is 18.3 Å². The van der Waals surface area contributed by atoms with Crippen LogP contribution in [0.15, 0.2) is 30.5 Å². The van der Waals surface area contributed by atoms with Gasteiger partial charge < -0.3 is 10.0 Å². The van der Waals surface area contributed by atoms with Crippen molar-refractivity contribution in [2.75, 3.05) is 18.0 Å². The number of hydrogen-bond acceptors (Lipinski definition) is 5. The highest BCUT2D eigenvalue weighted by Gasteiger charge is 2.44. The molecule has 172 valence electrons. The monoisotopic (exact) mass is 443 g/mol. The van der Waals surface area contributed by atoms with E-state index in [1.165, 1.54) is 12.3 Å². The largest absolute Gasteiger partial charge is 0.418 e. The van der Waals surface area contributed by atoms with Crippen LogP contribution < -0.4 is 4.90 Å². The molecule has 0 aromatic carbocycles. The molecule has 4 rings (SSSR count). The van der Waals surface area contributed by atoms with Crippen LogP contribution in [0.1, 0.15) is 36.5 Å². The number of rotatable bonds is 4. The first-order valence-corrected chi connectivity index (χ1v) is 10.1. The molecule has 0 bridgehead atoms. The molecule has 10 heteroatoms. The number of nitrogens with one attached hydrogen (secondary N) is 1. The molecule has 6 nitrogen and oxygen atoms in total. The second-order valence-electron chi connectivity index (χ2n) is 8.40. The molecule has 3 aromatic heterocycles. The van der Waals surface area contributed by atoms with E-state index in [2.05, 4.69) is 20.2 Å². The van der Waals surface area contributed by atoms with Crippen molar-refractivity contribution in [2.45, 2.75) is 44.6 Å². The molecule has 3 aromatic rings. The lowest BCUT2D eigenvalue weighted by Gasteiger charge is -2.42. The Labute approximate surface area is 180 Å². The quantitative estimate of drug-likeness (QED) is 0.549. The number of aromatic nitrogens is 4. The van der Waals surface area contributed by atoms with E-state index in [-0.39, 0.29) is 59.0 Å². The first kappa shape index (κ1) is 21.5. The number of aliphatic hydroxyl groups excluding tert-OH is 1. The molecule has 0 saturated carbocycles. The number of halogens is 4. The maximum atomic E-state index is 15.5. The van der Waals surface area contributed by atoms with Gasteiger partial charge in [-0.1, -0.05) is 13.8 Å². The third-order valence-electron chi connectivity index (χ3n) is 5.55. The molecule has 0 amide bonds. The molecule has 0 spiro atoms. The minimum Gasteiger partial charge on any atom is -0.390 e. The summed E-state index contributed by atoms with van der Waals surface area (Å²) >= 11 is 0. The van der Waals surface area contributed by atoms with E-state index in [1.54, 1.807) is 17.0 Å². The Hall–Kier alpha value is -2.75. The van der Waals surface area contributed by atoms with Gasteiger partial charge in [0.1, 0.15) is 11.5 Å². The average Bonchev–Trinajstić information content (AvgIpc) is 3.12. The Morgan fingerprint density at radius 3 is 2.81 bits per heavy atom. The second-order valence-corrected chi connectivity index (χ2v) is 8.40. The van der Waals surface area contributed by atoms with E-state index in [4.69, 9.17) is 0 Å². The van der Waals surface area contributed by atoms with Crippen molar-refractivity contribution in [1.29, 1.82) is 0 Å². The van der Waals surface area contributed by atoms with Crippen LogP contribution in [0.5, 0.6) is 0 Å². The summed E-state index contributed by atoms with van der Waals surface area (Å²) in [5, 5.41) is 17.2. The molecule has 31 heavy (non-hydrogen) atoms. The van der Waals surface area contributed by atoms with Gasteiger partial charge in [-0.25, -0.2) is 14.4 Å². The zero-order valence-corrected chi connectivity index (χ0v) is 17.1. The van der Waals surface area contributed by atoms with Gasteiger partial charge in [-0.3, -0.25) is 5.10 Å². The molecule has 2 N–H and O–H groups in total. The van der Waals surface area contributed by atoms with Gasteiger partial charge in [-0.15, -0.1) is 0 Å². The zero-order chi connectivity index (χ0) is 22.4. The van der Waals surface area contributed by atoms with Gasteiger partial charge >= 0.3 is 6.18 Å². The second kappa shape index (κ2) is 7.74. The lowest BCUT2D eigenvalue weighted by molar-refractivity contribution is -0.137. The molecule has 0 radical (unpaired) electrons. The van der Waals surface area contributed by atoms with Crippen molar-refractivity contribution in [2.24, 2.45) is 5.92 Å². The molecule has 0 aliphatic carbocycles. The predicted octanol–water partition coefficient (Wildman–Crippen LogP) is 5.10. The highest BCUT2D eigenvalue weighted by molar-refractivity contribution is 5.90. The van der Waals surface area contributed by atoms with E-state index < -0.39 is 23.5 Å². The number of nitrogens with zero attached hydrogens (tertiary/aromatic N) is 4. The van der Waals surface area contributed by atoms with E-state index in [1.807, 2.05) is 13.8 Å². The van der Waals surface area contributed by atoms with Crippen LogP contribution in [0, 0.1) is 5.92 Å². The fourth-order valence-electron chi connectivity index (χ4n) is 4.19. The number of anilines is 1. The van der Waals surface area contributed by atoms with Gasteiger partial charge in [0.15, 0.2) is 11.3 Å². The third kappa shape index (κ3) is 4.08. The highest BCUT2D eigenvalue weighted by Crippen LogP contribution is 2.40. The summed E-state index contributed by atoms with van der Waals surface area (Å²) in [6.45, 7) is 3.86. The van der Waals surface area contributed by atoms with Crippen molar-refractivity contribution >= 4 is 16.9 Å². The van der Waals surface area contributed by atoms with Crippen LogP contribution in [0.2, 0.25) is 0 Å². The molecule has 1 aliphatic heterocycles. The number of alkyl halides is 4. The molecule has 1 fully saturated rings. The maximum absolute atomic E-state index is 15.5. The zero-order valence-electron chi connectivity index (χ0n) is 17.1. The Bertz CT molecular complexity index is 1100. The Morgan fingerprint density at radius 2 is 2.10 bits per heavy atom. The van der Waals surface area contributed by atoms with E-state index in [0.717, 1.165) is 6.07 Å². The minimum absolute atomic E-state index is 0. The number of pyridine rings is 2. The molecule has 2 atom stereocenters. The fraction of sp³-hybridized carbons (Fsp3) is 0.476. The molecule has 0 unspecified atom stereocenters. The van der Waals surface area contributed by atoms with Crippen LogP contribution in [0.25, 0.3) is 22.4 Å². The topological polar surface area (TPSA) is 77.9 Å². The van der Waals surface area contributed by atoms with E-state index in [0.29, 0.717) is 5.39 Å².